The maximum atomic E-state index is 12.8. The number of carbonyl (C=O) groups excluding carboxylic acids is 2. The van der Waals surface area contributed by atoms with Gasteiger partial charge in [-0.1, -0.05) is 34.1 Å². The van der Waals surface area contributed by atoms with Gasteiger partial charge >= 0.3 is 6.03 Å². The molecule has 0 bridgehead atoms. The van der Waals surface area contributed by atoms with Crippen LogP contribution in [0, 0.1) is 11.8 Å². The summed E-state index contributed by atoms with van der Waals surface area (Å²) in [6.45, 7) is 9.38. The molecule has 1 aliphatic heterocycles. The van der Waals surface area contributed by atoms with E-state index >= 15 is 0 Å². The molecule has 114 valence electrons. The van der Waals surface area contributed by atoms with E-state index in [1.54, 1.807) is 0 Å². The van der Waals surface area contributed by atoms with Crippen LogP contribution in [0.1, 0.15) is 47.0 Å². The number of nitrogens with one attached hydrogen (secondary N) is 2. The van der Waals surface area contributed by atoms with E-state index < -0.39 is 5.54 Å². The number of imide groups is 1. The molecule has 0 aromatic heterocycles. The van der Waals surface area contributed by atoms with Gasteiger partial charge in [0.05, 0.1) is 0 Å². The highest BCUT2D eigenvalue weighted by Gasteiger charge is 2.58. The van der Waals surface area contributed by atoms with E-state index in [-0.39, 0.29) is 23.8 Å². The summed E-state index contributed by atoms with van der Waals surface area (Å²) >= 11 is 0. The van der Waals surface area contributed by atoms with E-state index in [4.69, 9.17) is 0 Å². The normalized spacial score (nSPS) is 34.1. The van der Waals surface area contributed by atoms with Gasteiger partial charge in [-0.2, -0.15) is 0 Å². The lowest BCUT2D eigenvalue weighted by molar-refractivity contribution is -0.136. The van der Waals surface area contributed by atoms with Crippen molar-refractivity contribution in [1.82, 2.24) is 15.5 Å². The van der Waals surface area contributed by atoms with Gasteiger partial charge in [-0.15, -0.1) is 0 Å². The van der Waals surface area contributed by atoms with Gasteiger partial charge in [0.1, 0.15) is 5.54 Å². The number of hydrogen-bond acceptors (Lipinski definition) is 3. The molecular weight excluding hydrogens is 254 g/mol. The zero-order valence-corrected chi connectivity index (χ0v) is 13.0. The van der Waals surface area contributed by atoms with Crippen molar-refractivity contribution in [3.63, 3.8) is 0 Å². The summed E-state index contributed by atoms with van der Waals surface area (Å²) in [6, 6.07) is 0.137. The Morgan fingerprint density at radius 3 is 2.45 bits per heavy atom. The van der Waals surface area contributed by atoms with E-state index in [2.05, 4.69) is 38.3 Å². The first kappa shape index (κ1) is 15.3. The van der Waals surface area contributed by atoms with Crippen LogP contribution in [0.5, 0.6) is 0 Å². The van der Waals surface area contributed by atoms with Crippen molar-refractivity contribution >= 4 is 11.9 Å². The summed E-state index contributed by atoms with van der Waals surface area (Å²) in [4.78, 5) is 26.4. The number of amides is 3. The molecule has 2 unspecified atom stereocenters. The third-order valence-corrected chi connectivity index (χ3v) is 4.87. The SMILES string of the molecule is CC(C)NCCN1C(=O)NC2(C1=O)C(C)CCCC2C. The van der Waals surface area contributed by atoms with Crippen molar-refractivity contribution in [2.45, 2.75) is 58.5 Å². The summed E-state index contributed by atoms with van der Waals surface area (Å²) in [5.41, 5.74) is -0.660. The fourth-order valence-corrected chi connectivity index (χ4v) is 3.62. The first-order chi connectivity index (χ1) is 9.39. The average Bonchev–Trinajstić information content (AvgIpc) is 2.61. The number of rotatable bonds is 4. The van der Waals surface area contributed by atoms with Crippen LogP contribution in [-0.2, 0) is 4.79 Å². The van der Waals surface area contributed by atoms with Crippen molar-refractivity contribution in [3.05, 3.63) is 0 Å². The van der Waals surface area contributed by atoms with Crippen LogP contribution in [-0.4, -0.2) is 41.5 Å². The highest BCUT2D eigenvalue weighted by atomic mass is 16.2. The summed E-state index contributed by atoms with van der Waals surface area (Å²) in [7, 11) is 0. The molecular formula is C15H27N3O2. The Balaban J connectivity index is 2.11. The predicted octanol–water partition coefficient (Wildman–Crippen LogP) is 1.73. The second-order valence-electron chi connectivity index (χ2n) is 6.60. The molecule has 1 saturated carbocycles. The molecule has 1 saturated heterocycles. The molecule has 1 spiro atoms. The lowest BCUT2D eigenvalue weighted by Gasteiger charge is -2.42. The lowest BCUT2D eigenvalue weighted by atomic mass is 9.67. The number of urea groups is 1. The lowest BCUT2D eigenvalue weighted by Crippen LogP contribution is -2.59. The van der Waals surface area contributed by atoms with Crippen LogP contribution in [0.4, 0.5) is 4.79 Å². The molecule has 2 rings (SSSR count). The van der Waals surface area contributed by atoms with Crippen LogP contribution in [0.25, 0.3) is 0 Å². The molecule has 1 aliphatic carbocycles. The minimum atomic E-state index is -0.660. The highest BCUT2D eigenvalue weighted by Crippen LogP contribution is 2.41. The van der Waals surface area contributed by atoms with E-state index in [0.29, 0.717) is 19.1 Å². The van der Waals surface area contributed by atoms with Gasteiger partial charge in [-0.05, 0) is 24.7 Å². The van der Waals surface area contributed by atoms with Crippen molar-refractivity contribution in [2.24, 2.45) is 11.8 Å². The second kappa shape index (κ2) is 5.72. The van der Waals surface area contributed by atoms with E-state index in [0.717, 1.165) is 19.3 Å². The third-order valence-electron chi connectivity index (χ3n) is 4.87. The number of nitrogens with zero attached hydrogens (tertiary/aromatic N) is 1. The Morgan fingerprint density at radius 2 is 1.90 bits per heavy atom. The van der Waals surface area contributed by atoms with Gasteiger partial charge < -0.3 is 10.6 Å². The third kappa shape index (κ3) is 2.43. The van der Waals surface area contributed by atoms with Crippen LogP contribution in [0.2, 0.25) is 0 Å². The van der Waals surface area contributed by atoms with E-state index in [9.17, 15) is 9.59 Å². The van der Waals surface area contributed by atoms with Crippen molar-refractivity contribution in [1.29, 1.82) is 0 Å². The molecule has 0 aromatic carbocycles. The van der Waals surface area contributed by atoms with Gasteiger partial charge in [0.25, 0.3) is 5.91 Å². The molecule has 1 heterocycles. The van der Waals surface area contributed by atoms with Gasteiger partial charge in [0.2, 0.25) is 0 Å². The molecule has 5 nitrogen and oxygen atoms in total. The van der Waals surface area contributed by atoms with E-state index in [1.165, 1.54) is 4.90 Å². The maximum absolute atomic E-state index is 12.8. The molecule has 2 fully saturated rings. The second-order valence-corrected chi connectivity index (χ2v) is 6.60. The van der Waals surface area contributed by atoms with Gasteiger partial charge in [-0.25, -0.2) is 4.79 Å². The summed E-state index contributed by atoms with van der Waals surface area (Å²) in [5.74, 6) is 0.407. The van der Waals surface area contributed by atoms with Gasteiger partial charge in [-0.3, -0.25) is 9.69 Å². The predicted molar refractivity (Wildman–Crippen MR) is 78.3 cm³/mol. The number of hydrogen-bond donors (Lipinski definition) is 2. The Bertz CT molecular complexity index is 385. The standard InChI is InChI=1S/C15H27N3O2/c1-10(2)16-8-9-18-13(19)15(17-14(18)20)11(3)6-5-7-12(15)4/h10-12,16H,5-9H2,1-4H3,(H,17,20). The minimum absolute atomic E-state index is 0.0206. The fraction of sp³-hybridized carbons (Fsp3) is 0.867. The minimum Gasteiger partial charge on any atom is -0.323 e. The Hall–Kier alpha value is -1.10. The quantitative estimate of drug-likeness (QED) is 0.772. The van der Waals surface area contributed by atoms with Gasteiger partial charge in [0, 0.05) is 19.1 Å². The smallest absolute Gasteiger partial charge is 0.323 e. The molecule has 2 aliphatic rings. The molecule has 20 heavy (non-hydrogen) atoms. The van der Waals surface area contributed by atoms with E-state index in [1.807, 2.05) is 0 Å². The Kier molecular flexibility index (Phi) is 4.37. The maximum Gasteiger partial charge on any atom is 0.325 e. The van der Waals surface area contributed by atoms with Crippen molar-refractivity contribution < 1.29 is 9.59 Å². The zero-order chi connectivity index (χ0) is 14.9. The highest BCUT2D eigenvalue weighted by molar-refractivity contribution is 6.07. The Morgan fingerprint density at radius 1 is 1.30 bits per heavy atom. The van der Waals surface area contributed by atoms with Crippen LogP contribution in [0.15, 0.2) is 0 Å². The van der Waals surface area contributed by atoms with Crippen LogP contribution in [0.3, 0.4) is 0 Å². The summed E-state index contributed by atoms with van der Waals surface area (Å²) in [5, 5.41) is 6.27. The topological polar surface area (TPSA) is 61.4 Å². The first-order valence-electron chi connectivity index (χ1n) is 7.77. The number of carbonyl (C=O) groups is 2. The summed E-state index contributed by atoms with van der Waals surface area (Å²) < 4.78 is 0. The van der Waals surface area contributed by atoms with Crippen molar-refractivity contribution in [3.8, 4) is 0 Å². The van der Waals surface area contributed by atoms with Crippen LogP contribution >= 0.6 is 0 Å². The largest absolute Gasteiger partial charge is 0.325 e. The van der Waals surface area contributed by atoms with Crippen LogP contribution < -0.4 is 10.6 Å². The molecule has 0 radical (unpaired) electrons. The first-order valence-corrected chi connectivity index (χ1v) is 7.77. The fourth-order valence-electron chi connectivity index (χ4n) is 3.62. The summed E-state index contributed by atoms with van der Waals surface area (Å²) in [6.07, 6.45) is 3.16. The monoisotopic (exact) mass is 281 g/mol. The molecule has 5 heteroatoms. The zero-order valence-electron chi connectivity index (χ0n) is 13.0. The van der Waals surface area contributed by atoms with Gasteiger partial charge in [0.15, 0.2) is 0 Å². The molecule has 2 N–H and O–H groups in total. The molecule has 2 atom stereocenters. The molecule has 3 amide bonds. The Labute approximate surface area is 121 Å². The molecule has 0 aromatic rings. The average molecular weight is 281 g/mol. The van der Waals surface area contributed by atoms with Crippen molar-refractivity contribution in [2.75, 3.05) is 13.1 Å².